The summed E-state index contributed by atoms with van der Waals surface area (Å²) in [4.78, 5) is 33.2. The molecule has 0 atom stereocenters. The third-order valence-electron chi connectivity index (χ3n) is 4.63. The van der Waals surface area contributed by atoms with Gasteiger partial charge in [0.2, 0.25) is 0 Å². The van der Waals surface area contributed by atoms with E-state index in [0.717, 1.165) is 23.5 Å². The molecule has 28 heavy (non-hydrogen) atoms. The van der Waals surface area contributed by atoms with Crippen LogP contribution in [0.3, 0.4) is 0 Å². The van der Waals surface area contributed by atoms with E-state index in [9.17, 15) is 4.79 Å². The number of amides is 1. The number of hydrogen-bond acceptors (Lipinski definition) is 6. The molecule has 0 fully saturated rings. The predicted octanol–water partition coefficient (Wildman–Crippen LogP) is 2.95. The van der Waals surface area contributed by atoms with E-state index in [0.29, 0.717) is 24.2 Å². The Hall–Kier alpha value is -3.13. The van der Waals surface area contributed by atoms with Crippen LogP contribution in [0.15, 0.2) is 48.5 Å². The second-order valence-corrected chi connectivity index (χ2v) is 7.54. The Kier molecular flexibility index (Phi) is 5.12. The Morgan fingerprint density at radius 2 is 2.11 bits per heavy atom. The third-order valence-corrected chi connectivity index (χ3v) is 5.62. The molecule has 0 aliphatic carbocycles. The molecule has 4 aromatic rings. The van der Waals surface area contributed by atoms with Gasteiger partial charge in [0, 0.05) is 37.3 Å². The van der Waals surface area contributed by atoms with Gasteiger partial charge in [0.05, 0.1) is 35.3 Å². The van der Waals surface area contributed by atoms with Gasteiger partial charge in [0.15, 0.2) is 5.65 Å². The minimum atomic E-state index is -0.0594. The zero-order valence-corrected chi connectivity index (χ0v) is 16.6. The standard InChI is InChI=1S/C20H20N6OS/c1-14-18(28-13-24-14)6-8-25(2)20(27)15-9-17-19(22-10-15)26(12-23-17)11-16-5-3-4-7-21-16/h3-5,7,9-10,12-13H,6,8,11H2,1-2H3. The van der Waals surface area contributed by atoms with Gasteiger partial charge in [0.25, 0.3) is 5.91 Å². The summed E-state index contributed by atoms with van der Waals surface area (Å²) in [5, 5.41) is 0. The molecule has 0 saturated heterocycles. The van der Waals surface area contributed by atoms with Gasteiger partial charge in [0.1, 0.15) is 5.52 Å². The molecule has 0 aromatic carbocycles. The zero-order valence-electron chi connectivity index (χ0n) is 15.7. The number of rotatable bonds is 6. The van der Waals surface area contributed by atoms with Crippen molar-refractivity contribution in [1.82, 2.24) is 29.4 Å². The van der Waals surface area contributed by atoms with Crippen molar-refractivity contribution >= 4 is 28.4 Å². The van der Waals surface area contributed by atoms with Gasteiger partial charge in [-0.15, -0.1) is 11.3 Å². The highest BCUT2D eigenvalue weighted by Crippen LogP contribution is 2.16. The highest BCUT2D eigenvalue weighted by molar-refractivity contribution is 7.09. The van der Waals surface area contributed by atoms with E-state index in [1.54, 1.807) is 41.0 Å². The van der Waals surface area contributed by atoms with Crippen molar-refractivity contribution in [3.8, 4) is 0 Å². The number of carbonyl (C=O) groups excluding carboxylic acids is 1. The first-order valence-corrected chi connectivity index (χ1v) is 9.85. The van der Waals surface area contributed by atoms with Crippen LogP contribution in [0.25, 0.3) is 11.2 Å². The Balaban J connectivity index is 1.48. The lowest BCUT2D eigenvalue weighted by Gasteiger charge is -2.16. The maximum absolute atomic E-state index is 12.8. The zero-order chi connectivity index (χ0) is 19.5. The molecule has 4 aromatic heterocycles. The van der Waals surface area contributed by atoms with E-state index in [4.69, 9.17) is 0 Å². The molecule has 0 unspecified atom stereocenters. The second-order valence-electron chi connectivity index (χ2n) is 6.60. The Labute approximate surface area is 166 Å². The highest BCUT2D eigenvalue weighted by atomic mass is 32.1. The Morgan fingerprint density at radius 1 is 1.21 bits per heavy atom. The molecule has 8 heteroatoms. The summed E-state index contributed by atoms with van der Waals surface area (Å²) >= 11 is 1.63. The number of thiazole rings is 1. The van der Waals surface area contributed by atoms with Crippen LogP contribution < -0.4 is 0 Å². The van der Waals surface area contributed by atoms with Crippen molar-refractivity contribution in [2.45, 2.75) is 19.9 Å². The molecule has 0 radical (unpaired) electrons. The second kappa shape index (κ2) is 7.85. The van der Waals surface area contributed by atoms with E-state index in [1.165, 1.54) is 4.88 Å². The molecule has 4 rings (SSSR count). The Bertz CT molecular complexity index is 1100. The molecular weight excluding hydrogens is 372 g/mol. The fraction of sp³-hybridized carbons (Fsp3) is 0.250. The number of likely N-dealkylation sites (N-methyl/N-ethyl adjacent to an activating group) is 1. The van der Waals surface area contributed by atoms with Crippen molar-refractivity contribution in [3.63, 3.8) is 0 Å². The molecule has 0 aliphatic heterocycles. The first-order valence-electron chi connectivity index (χ1n) is 8.97. The van der Waals surface area contributed by atoms with E-state index < -0.39 is 0 Å². The number of carbonyl (C=O) groups is 1. The van der Waals surface area contributed by atoms with Gasteiger partial charge in [-0.05, 0) is 25.1 Å². The molecule has 0 aliphatic rings. The predicted molar refractivity (Wildman–Crippen MR) is 108 cm³/mol. The van der Waals surface area contributed by atoms with Crippen LogP contribution in [0.1, 0.15) is 26.6 Å². The molecule has 142 valence electrons. The molecule has 1 amide bonds. The van der Waals surface area contributed by atoms with Gasteiger partial charge in [-0.2, -0.15) is 0 Å². The monoisotopic (exact) mass is 392 g/mol. The van der Waals surface area contributed by atoms with E-state index in [2.05, 4.69) is 19.9 Å². The van der Waals surface area contributed by atoms with Crippen LogP contribution in [0.4, 0.5) is 0 Å². The van der Waals surface area contributed by atoms with Crippen LogP contribution in [0.2, 0.25) is 0 Å². The van der Waals surface area contributed by atoms with Crippen molar-refractivity contribution in [2.24, 2.45) is 0 Å². The quantitative estimate of drug-likeness (QED) is 0.504. The lowest BCUT2D eigenvalue weighted by Crippen LogP contribution is -2.28. The number of nitrogens with zero attached hydrogens (tertiary/aromatic N) is 6. The number of fused-ring (bicyclic) bond motifs is 1. The van der Waals surface area contributed by atoms with Crippen LogP contribution in [0.5, 0.6) is 0 Å². The molecule has 0 bridgehead atoms. The molecular formula is C20H20N6OS. The summed E-state index contributed by atoms with van der Waals surface area (Å²) in [7, 11) is 1.81. The van der Waals surface area contributed by atoms with E-state index >= 15 is 0 Å². The molecule has 0 saturated carbocycles. The van der Waals surface area contributed by atoms with Gasteiger partial charge >= 0.3 is 0 Å². The number of pyridine rings is 2. The van der Waals surface area contributed by atoms with Crippen molar-refractivity contribution in [3.05, 3.63) is 70.3 Å². The number of imidazole rings is 1. The molecule has 4 heterocycles. The first-order chi connectivity index (χ1) is 13.6. The normalized spacial score (nSPS) is 11.1. The third kappa shape index (κ3) is 3.77. The smallest absolute Gasteiger partial charge is 0.255 e. The van der Waals surface area contributed by atoms with Crippen molar-refractivity contribution in [2.75, 3.05) is 13.6 Å². The minimum absolute atomic E-state index is 0.0594. The number of hydrogen-bond donors (Lipinski definition) is 0. The molecule has 0 spiro atoms. The fourth-order valence-corrected chi connectivity index (χ4v) is 3.78. The van der Waals surface area contributed by atoms with Crippen molar-refractivity contribution < 1.29 is 4.79 Å². The maximum atomic E-state index is 12.8. The minimum Gasteiger partial charge on any atom is -0.341 e. The average molecular weight is 392 g/mol. The first kappa shape index (κ1) is 18.2. The summed E-state index contributed by atoms with van der Waals surface area (Å²) in [5.41, 5.74) is 5.79. The van der Waals surface area contributed by atoms with Crippen molar-refractivity contribution in [1.29, 1.82) is 0 Å². The Morgan fingerprint density at radius 3 is 2.86 bits per heavy atom. The average Bonchev–Trinajstić information content (AvgIpc) is 3.32. The summed E-state index contributed by atoms with van der Waals surface area (Å²) in [5.74, 6) is -0.0594. The fourth-order valence-electron chi connectivity index (χ4n) is 3.00. The van der Waals surface area contributed by atoms with Gasteiger partial charge in [-0.1, -0.05) is 6.07 Å². The molecule has 0 N–H and O–H groups in total. The lowest BCUT2D eigenvalue weighted by atomic mass is 10.2. The number of aromatic nitrogens is 5. The van der Waals surface area contributed by atoms with E-state index in [-0.39, 0.29) is 5.91 Å². The number of aryl methyl sites for hydroxylation is 1. The van der Waals surface area contributed by atoms with Crippen LogP contribution in [0, 0.1) is 6.92 Å². The molecule has 7 nitrogen and oxygen atoms in total. The lowest BCUT2D eigenvalue weighted by molar-refractivity contribution is 0.0796. The largest absolute Gasteiger partial charge is 0.341 e. The summed E-state index contributed by atoms with van der Waals surface area (Å²) < 4.78 is 1.93. The highest BCUT2D eigenvalue weighted by Gasteiger charge is 2.15. The van der Waals surface area contributed by atoms with E-state index in [1.807, 2.05) is 42.2 Å². The van der Waals surface area contributed by atoms with Crippen LogP contribution >= 0.6 is 11.3 Å². The van der Waals surface area contributed by atoms with Gasteiger partial charge in [-0.25, -0.2) is 15.0 Å². The van der Waals surface area contributed by atoms with Crippen LogP contribution in [-0.4, -0.2) is 48.9 Å². The van der Waals surface area contributed by atoms with Gasteiger partial charge < -0.3 is 9.47 Å². The maximum Gasteiger partial charge on any atom is 0.255 e. The topological polar surface area (TPSA) is 76.8 Å². The van der Waals surface area contributed by atoms with Gasteiger partial charge in [-0.3, -0.25) is 9.78 Å². The summed E-state index contributed by atoms with van der Waals surface area (Å²) in [6.45, 7) is 3.21. The summed E-state index contributed by atoms with van der Waals surface area (Å²) in [6, 6.07) is 7.60. The summed E-state index contributed by atoms with van der Waals surface area (Å²) in [6.07, 6.45) is 5.92. The SMILES string of the molecule is Cc1ncsc1CCN(C)C(=O)c1cnc2c(c1)ncn2Cc1ccccn1. The van der Waals surface area contributed by atoms with Crippen LogP contribution in [-0.2, 0) is 13.0 Å².